The Balaban J connectivity index is 2.28. The molecule has 2 N–H and O–H groups in total. The summed E-state index contributed by atoms with van der Waals surface area (Å²) >= 11 is 3.18. The molecule has 0 aliphatic heterocycles. The van der Waals surface area contributed by atoms with Gasteiger partial charge in [-0.2, -0.15) is 0 Å². The Bertz CT molecular complexity index is 673. The van der Waals surface area contributed by atoms with E-state index < -0.39 is 5.82 Å². The maximum absolute atomic E-state index is 13.8. The van der Waals surface area contributed by atoms with Crippen LogP contribution < -0.4 is 10.6 Å². The summed E-state index contributed by atoms with van der Waals surface area (Å²) in [5.74, 6) is -0.818. The number of anilines is 2. The zero-order chi connectivity index (χ0) is 15.4. The van der Waals surface area contributed by atoms with Gasteiger partial charge in [0.1, 0.15) is 5.82 Å². The molecule has 2 aromatic carbocycles. The molecule has 0 radical (unpaired) electrons. The monoisotopic (exact) mass is 350 g/mol. The Morgan fingerprint density at radius 1 is 1.19 bits per heavy atom. The van der Waals surface area contributed by atoms with Crippen LogP contribution in [0.25, 0.3) is 0 Å². The summed E-state index contributed by atoms with van der Waals surface area (Å²) in [5, 5.41) is 5.74. The summed E-state index contributed by atoms with van der Waals surface area (Å²) in [7, 11) is 0. The highest BCUT2D eigenvalue weighted by Crippen LogP contribution is 2.22. The largest absolute Gasteiger partial charge is 0.385 e. The van der Waals surface area contributed by atoms with Crippen LogP contribution in [-0.2, 0) is 0 Å². The van der Waals surface area contributed by atoms with Gasteiger partial charge in [-0.25, -0.2) is 4.39 Å². The van der Waals surface area contributed by atoms with E-state index in [1.165, 1.54) is 12.1 Å². The van der Waals surface area contributed by atoms with Gasteiger partial charge in [0.2, 0.25) is 0 Å². The number of hydrogen-bond donors (Lipinski definition) is 2. The third kappa shape index (κ3) is 3.82. The van der Waals surface area contributed by atoms with Gasteiger partial charge in [-0.1, -0.05) is 22.0 Å². The van der Waals surface area contributed by atoms with Gasteiger partial charge in [0.25, 0.3) is 5.91 Å². The molecule has 0 heterocycles. The molecular weight excluding hydrogens is 335 g/mol. The van der Waals surface area contributed by atoms with Gasteiger partial charge in [-0.05, 0) is 49.7 Å². The highest BCUT2D eigenvalue weighted by molar-refractivity contribution is 9.10. The second-order valence-corrected chi connectivity index (χ2v) is 5.57. The van der Waals surface area contributed by atoms with Gasteiger partial charge in [0.15, 0.2) is 0 Å². The van der Waals surface area contributed by atoms with Crippen LogP contribution in [0.1, 0.15) is 22.8 Å². The van der Waals surface area contributed by atoms with E-state index in [0.717, 1.165) is 11.3 Å². The van der Waals surface area contributed by atoms with E-state index in [2.05, 4.69) is 26.6 Å². The standard InChI is InChI=1S/C16H16BrFN2O/c1-3-19-15-8-10(2)4-6-12(15)16(21)20-14-7-5-11(17)9-13(14)18/h4-9,19H,3H2,1-2H3,(H,20,21). The van der Waals surface area contributed by atoms with Crippen molar-refractivity contribution < 1.29 is 9.18 Å². The average molecular weight is 351 g/mol. The molecule has 110 valence electrons. The Morgan fingerprint density at radius 3 is 2.62 bits per heavy atom. The maximum atomic E-state index is 13.8. The van der Waals surface area contributed by atoms with Crippen molar-refractivity contribution in [3.63, 3.8) is 0 Å². The van der Waals surface area contributed by atoms with E-state index in [-0.39, 0.29) is 11.6 Å². The lowest BCUT2D eigenvalue weighted by atomic mass is 10.1. The summed E-state index contributed by atoms with van der Waals surface area (Å²) in [6, 6.07) is 10.0. The predicted octanol–water partition coefficient (Wildman–Crippen LogP) is 4.58. The first kappa shape index (κ1) is 15.5. The molecule has 2 rings (SSSR count). The molecule has 0 aromatic heterocycles. The molecule has 0 spiro atoms. The third-order valence-electron chi connectivity index (χ3n) is 2.97. The van der Waals surface area contributed by atoms with Crippen molar-refractivity contribution in [1.29, 1.82) is 0 Å². The molecule has 0 unspecified atom stereocenters. The van der Waals surface area contributed by atoms with Gasteiger partial charge < -0.3 is 10.6 Å². The first-order valence-electron chi connectivity index (χ1n) is 6.62. The van der Waals surface area contributed by atoms with Crippen molar-refractivity contribution >= 4 is 33.2 Å². The van der Waals surface area contributed by atoms with Crippen LogP contribution in [0.2, 0.25) is 0 Å². The van der Waals surface area contributed by atoms with E-state index >= 15 is 0 Å². The highest BCUT2D eigenvalue weighted by atomic mass is 79.9. The van der Waals surface area contributed by atoms with Crippen molar-refractivity contribution in [2.45, 2.75) is 13.8 Å². The number of amides is 1. The molecule has 5 heteroatoms. The van der Waals surface area contributed by atoms with E-state index in [9.17, 15) is 9.18 Å². The average Bonchev–Trinajstić information content (AvgIpc) is 2.42. The SMILES string of the molecule is CCNc1cc(C)ccc1C(=O)Nc1ccc(Br)cc1F. The fraction of sp³-hybridized carbons (Fsp3) is 0.188. The Kier molecular flexibility index (Phi) is 4.96. The summed E-state index contributed by atoms with van der Waals surface area (Å²) < 4.78 is 14.4. The molecule has 0 bridgehead atoms. The summed E-state index contributed by atoms with van der Waals surface area (Å²) in [6.07, 6.45) is 0. The number of carbonyl (C=O) groups is 1. The molecule has 0 aliphatic rings. The minimum atomic E-state index is -0.477. The summed E-state index contributed by atoms with van der Waals surface area (Å²) in [6.45, 7) is 4.62. The molecule has 0 saturated carbocycles. The number of rotatable bonds is 4. The molecule has 3 nitrogen and oxygen atoms in total. The molecule has 0 fully saturated rings. The lowest BCUT2D eigenvalue weighted by Crippen LogP contribution is -2.15. The fourth-order valence-corrected chi connectivity index (χ4v) is 2.31. The second-order valence-electron chi connectivity index (χ2n) is 4.66. The van der Waals surface area contributed by atoms with E-state index in [1.54, 1.807) is 12.1 Å². The second kappa shape index (κ2) is 6.72. The smallest absolute Gasteiger partial charge is 0.257 e. The molecule has 0 atom stereocenters. The minimum absolute atomic E-state index is 0.159. The van der Waals surface area contributed by atoms with Crippen LogP contribution in [0.3, 0.4) is 0 Å². The van der Waals surface area contributed by atoms with Crippen LogP contribution >= 0.6 is 15.9 Å². The molecule has 2 aromatic rings. The Labute approximate surface area is 131 Å². The third-order valence-corrected chi connectivity index (χ3v) is 3.46. The zero-order valence-corrected chi connectivity index (χ0v) is 13.4. The van der Waals surface area contributed by atoms with Crippen molar-refractivity contribution in [2.24, 2.45) is 0 Å². The number of carbonyl (C=O) groups excluding carboxylic acids is 1. The van der Waals surface area contributed by atoms with E-state index in [0.29, 0.717) is 16.6 Å². The minimum Gasteiger partial charge on any atom is -0.385 e. The topological polar surface area (TPSA) is 41.1 Å². The van der Waals surface area contributed by atoms with Crippen LogP contribution in [0.5, 0.6) is 0 Å². The van der Waals surface area contributed by atoms with Crippen molar-refractivity contribution in [3.05, 3.63) is 57.8 Å². The molecule has 0 aliphatic carbocycles. The van der Waals surface area contributed by atoms with Crippen LogP contribution in [0.15, 0.2) is 40.9 Å². The summed E-state index contributed by atoms with van der Waals surface area (Å²) in [5.41, 5.74) is 2.45. The molecule has 1 amide bonds. The molecule has 21 heavy (non-hydrogen) atoms. The molecule has 0 saturated heterocycles. The Hall–Kier alpha value is -1.88. The van der Waals surface area contributed by atoms with Crippen LogP contribution in [0, 0.1) is 12.7 Å². The zero-order valence-electron chi connectivity index (χ0n) is 11.8. The number of aryl methyl sites for hydroxylation is 1. The van der Waals surface area contributed by atoms with Gasteiger partial charge in [0, 0.05) is 16.7 Å². The van der Waals surface area contributed by atoms with Crippen LogP contribution in [-0.4, -0.2) is 12.5 Å². The Morgan fingerprint density at radius 2 is 1.95 bits per heavy atom. The first-order chi connectivity index (χ1) is 10.0. The van der Waals surface area contributed by atoms with Crippen molar-refractivity contribution in [1.82, 2.24) is 0 Å². The highest BCUT2D eigenvalue weighted by Gasteiger charge is 2.13. The van der Waals surface area contributed by atoms with E-state index in [4.69, 9.17) is 0 Å². The maximum Gasteiger partial charge on any atom is 0.257 e. The van der Waals surface area contributed by atoms with Crippen molar-refractivity contribution in [2.75, 3.05) is 17.2 Å². The lowest BCUT2D eigenvalue weighted by Gasteiger charge is -2.12. The van der Waals surface area contributed by atoms with Crippen molar-refractivity contribution in [3.8, 4) is 0 Å². The normalized spacial score (nSPS) is 10.3. The predicted molar refractivity (Wildman–Crippen MR) is 87.4 cm³/mol. The number of halogens is 2. The molecular formula is C16H16BrFN2O. The number of nitrogens with one attached hydrogen (secondary N) is 2. The van der Waals surface area contributed by atoms with Gasteiger partial charge in [-0.15, -0.1) is 0 Å². The fourth-order valence-electron chi connectivity index (χ4n) is 1.97. The first-order valence-corrected chi connectivity index (χ1v) is 7.41. The summed E-state index contributed by atoms with van der Waals surface area (Å²) in [4.78, 5) is 12.3. The lowest BCUT2D eigenvalue weighted by molar-refractivity contribution is 0.102. The quantitative estimate of drug-likeness (QED) is 0.847. The van der Waals surface area contributed by atoms with Crippen LogP contribution in [0.4, 0.5) is 15.8 Å². The number of hydrogen-bond acceptors (Lipinski definition) is 2. The van der Waals surface area contributed by atoms with Gasteiger partial charge in [0.05, 0.1) is 11.3 Å². The van der Waals surface area contributed by atoms with Gasteiger partial charge >= 0.3 is 0 Å². The number of benzene rings is 2. The van der Waals surface area contributed by atoms with E-state index in [1.807, 2.05) is 26.0 Å². The van der Waals surface area contributed by atoms with Gasteiger partial charge in [-0.3, -0.25) is 4.79 Å².